The van der Waals surface area contributed by atoms with Crippen molar-refractivity contribution in [3.8, 4) is 11.4 Å². The van der Waals surface area contributed by atoms with Gasteiger partial charge in [0.1, 0.15) is 5.82 Å². The summed E-state index contributed by atoms with van der Waals surface area (Å²) in [5.41, 5.74) is 4.58. The summed E-state index contributed by atoms with van der Waals surface area (Å²) in [6.45, 7) is 2.10. The lowest BCUT2D eigenvalue weighted by Crippen LogP contribution is -1.92. The number of aryl methyl sites for hydroxylation is 1. The molecule has 0 aliphatic rings. The van der Waals surface area contributed by atoms with Crippen LogP contribution in [-0.4, -0.2) is 16.4 Å². The molecule has 90 valence electrons. The first-order valence-electron chi connectivity index (χ1n) is 6.00. The van der Waals surface area contributed by atoms with E-state index >= 15 is 0 Å². The second-order valence-electron chi connectivity index (χ2n) is 4.41. The van der Waals surface area contributed by atoms with Crippen molar-refractivity contribution in [2.24, 2.45) is 0 Å². The summed E-state index contributed by atoms with van der Waals surface area (Å²) < 4.78 is 2.11. The zero-order valence-corrected chi connectivity index (χ0v) is 10.5. The Morgan fingerprint density at radius 3 is 2.83 bits per heavy atom. The third-order valence-electron chi connectivity index (χ3n) is 3.10. The molecule has 1 aromatic carbocycles. The van der Waals surface area contributed by atoms with Crippen LogP contribution in [0, 0.1) is 6.92 Å². The highest BCUT2D eigenvalue weighted by atomic mass is 15.0. The number of anilines is 1. The number of nitrogens with zero attached hydrogens (tertiary/aromatic N) is 2. The van der Waals surface area contributed by atoms with Gasteiger partial charge in [0.2, 0.25) is 0 Å². The minimum Gasteiger partial charge on any atom is -0.388 e. The molecule has 3 aromatic rings. The van der Waals surface area contributed by atoms with Gasteiger partial charge in [0.05, 0.1) is 11.7 Å². The van der Waals surface area contributed by atoms with Crippen LogP contribution in [0.5, 0.6) is 0 Å². The Labute approximate surface area is 106 Å². The van der Waals surface area contributed by atoms with E-state index in [1.807, 2.05) is 25.5 Å². The minimum absolute atomic E-state index is 0.983. The zero-order chi connectivity index (χ0) is 12.5. The number of pyridine rings is 1. The van der Waals surface area contributed by atoms with Gasteiger partial charge in [-0.25, -0.2) is 4.98 Å². The van der Waals surface area contributed by atoms with Crippen molar-refractivity contribution in [3.05, 3.63) is 54.4 Å². The largest absolute Gasteiger partial charge is 0.388 e. The molecule has 0 spiro atoms. The van der Waals surface area contributed by atoms with E-state index in [-0.39, 0.29) is 0 Å². The van der Waals surface area contributed by atoms with Gasteiger partial charge in [-0.2, -0.15) is 0 Å². The molecule has 3 nitrogen and oxygen atoms in total. The quantitative estimate of drug-likeness (QED) is 0.740. The average molecular weight is 237 g/mol. The number of fused-ring (bicyclic) bond motifs is 1. The molecule has 0 amide bonds. The van der Waals surface area contributed by atoms with E-state index in [2.05, 4.69) is 52.0 Å². The Bertz CT molecular complexity index is 698. The Balaban J connectivity index is 2.18. The van der Waals surface area contributed by atoms with E-state index < -0.39 is 0 Å². The molecule has 0 bridgehead atoms. The van der Waals surface area contributed by atoms with E-state index in [1.165, 1.54) is 5.56 Å². The summed E-state index contributed by atoms with van der Waals surface area (Å²) in [7, 11) is 1.92. The highest BCUT2D eigenvalue weighted by Gasteiger charge is 2.06. The highest BCUT2D eigenvalue weighted by molar-refractivity contribution is 5.66. The van der Waals surface area contributed by atoms with E-state index in [1.54, 1.807) is 0 Å². The first-order chi connectivity index (χ1) is 8.78. The first kappa shape index (κ1) is 10.8. The third-order valence-corrected chi connectivity index (χ3v) is 3.10. The van der Waals surface area contributed by atoms with Crippen molar-refractivity contribution >= 4 is 11.2 Å². The Hall–Kier alpha value is -2.29. The molecule has 1 N–H and O–H groups in total. The van der Waals surface area contributed by atoms with Gasteiger partial charge in [-0.1, -0.05) is 23.8 Å². The number of aromatic nitrogens is 2. The molecule has 0 unspecified atom stereocenters. The van der Waals surface area contributed by atoms with Gasteiger partial charge >= 0.3 is 0 Å². The van der Waals surface area contributed by atoms with E-state index in [4.69, 9.17) is 0 Å². The Morgan fingerprint density at radius 1 is 1.17 bits per heavy atom. The lowest BCUT2D eigenvalue weighted by molar-refractivity contribution is 1.16. The van der Waals surface area contributed by atoms with Crippen LogP contribution in [0.15, 0.2) is 48.8 Å². The smallest absolute Gasteiger partial charge is 0.144 e. The van der Waals surface area contributed by atoms with Crippen LogP contribution in [-0.2, 0) is 0 Å². The summed E-state index contributed by atoms with van der Waals surface area (Å²) in [5.74, 6) is 0.983. The molecular weight excluding hydrogens is 222 g/mol. The molecule has 0 atom stereocenters. The number of hydrogen-bond donors (Lipinski definition) is 1. The van der Waals surface area contributed by atoms with Crippen molar-refractivity contribution in [3.63, 3.8) is 0 Å². The van der Waals surface area contributed by atoms with E-state index in [0.717, 1.165) is 22.6 Å². The molecule has 3 heteroatoms. The molecule has 18 heavy (non-hydrogen) atoms. The van der Waals surface area contributed by atoms with Crippen molar-refractivity contribution in [1.82, 2.24) is 9.38 Å². The van der Waals surface area contributed by atoms with Gasteiger partial charge in [-0.05, 0) is 25.1 Å². The predicted octanol–water partition coefficient (Wildman–Crippen LogP) is 3.35. The first-order valence-corrected chi connectivity index (χ1v) is 6.00. The molecular formula is C15H15N3. The average Bonchev–Trinajstić information content (AvgIpc) is 2.81. The van der Waals surface area contributed by atoms with Crippen molar-refractivity contribution in [1.29, 1.82) is 0 Å². The number of hydrogen-bond acceptors (Lipinski definition) is 2. The maximum atomic E-state index is 4.52. The fourth-order valence-electron chi connectivity index (χ4n) is 2.15. The fraction of sp³-hybridized carbons (Fsp3) is 0.133. The van der Waals surface area contributed by atoms with Crippen LogP contribution in [0.4, 0.5) is 5.69 Å². The van der Waals surface area contributed by atoms with Gasteiger partial charge in [0.25, 0.3) is 0 Å². The Morgan fingerprint density at radius 2 is 2.06 bits per heavy atom. The fourth-order valence-corrected chi connectivity index (χ4v) is 2.15. The predicted molar refractivity (Wildman–Crippen MR) is 74.9 cm³/mol. The van der Waals surface area contributed by atoms with Crippen LogP contribution >= 0.6 is 0 Å². The van der Waals surface area contributed by atoms with Crippen molar-refractivity contribution < 1.29 is 0 Å². The zero-order valence-electron chi connectivity index (χ0n) is 10.5. The standard InChI is InChI=1S/C15H15N3/c1-11-4-3-5-12(8-11)15-17-10-14-9-13(16-2)6-7-18(14)15/h3-10,16H,1-2H3. The highest BCUT2D eigenvalue weighted by Crippen LogP contribution is 2.22. The van der Waals surface area contributed by atoms with Crippen LogP contribution in [0.2, 0.25) is 0 Å². The maximum Gasteiger partial charge on any atom is 0.144 e. The summed E-state index contributed by atoms with van der Waals surface area (Å²) >= 11 is 0. The summed E-state index contributed by atoms with van der Waals surface area (Å²) in [5, 5.41) is 3.14. The van der Waals surface area contributed by atoms with Crippen molar-refractivity contribution in [2.45, 2.75) is 6.92 Å². The number of imidazole rings is 1. The van der Waals surface area contributed by atoms with Gasteiger partial charge < -0.3 is 5.32 Å². The van der Waals surface area contributed by atoms with Gasteiger partial charge in [0.15, 0.2) is 0 Å². The van der Waals surface area contributed by atoms with Crippen LogP contribution in [0.1, 0.15) is 5.56 Å². The van der Waals surface area contributed by atoms with Gasteiger partial charge in [-0.15, -0.1) is 0 Å². The van der Waals surface area contributed by atoms with Gasteiger partial charge in [0, 0.05) is 24.5 Å². The molecule has 0 aliphatic carbocycles. The summed E-state index contributed by atoms with van der Waals surface area (Å²) in [6.07, 6.45) is 3.95. The SMILES string of the molecule is CNc1ccn2c(-c3cccc(C)c3)ncc2c1. The molecule has 2 heterocycles. The normalized spacial score (nSPS) is 10.8. The molecule has 2 aromatic heterocycles. The molecule has 0 radical (unpaired) electrons. The molecule has 0 fully saturated rings. The summed E-state index contributed by atoms with van der Waals surface area (Å²) in [4.78, 5) is 4.52. The minimum atomic E-state index is 0.983. The van der Waals surface area contributed by atoms with E-state index in [0.29, 0.717) is 0 Å². The lowest BCUT2D eigenvalue weighted by Gasteiger charge is -2.04. The van der Waals surface area contributed by atoms with Crippen LogP contribution in [0.25, 0.3) is 16.9 Å². The van der Waals surface area contributed by atoms with E-state index in [9.17, 15) is 0 Å². The van der Waals surface area contributed by atoms with Crippen LogP contribution in [0.3, 0.4) is 0 Å². The molecule has 0 saturated heterocycles. The van der Waals surface area contributed by atoms with Gasteiger partial charge in [-0.3, -0.25) is 4.40 Å². The number of rotatable bonds is 2. The lowest BCUT2D eigenvalue weighted by atomic mass is 10.1. The molecule has 3 rings (SSSR count). The molecule has 0 saturated carbocycles. The maximum absolute atomic E-state index is 4.52. The second kappa shape index (κ2) is 4.18. The second-order valence-corrected chi connectivity index (χ2v) is 4.41. The topological polar surface area (TPSA) is 29.3 Å². The number of nitrogens with one attached hydrogen (secondary N) is 1. The Kier molecular flexibility index (Phi) is 2.52. The monoisotopic (exact) mass is 237 g/mol. The van der Waals surface area contributed by atoms with Crippen LogP contribution < -0.4 is 5.32 Å². The number of benzene rings is 1. The van der Waals surface area contributed by atoms with Crippen molar-refractivity contribution in [2.75, 3.05) is 12.4 Å². The molecule has 0 aliphatic heterocycles. The summed E-state index contributed by atoms with van der Waals surface area (Å²) in [6, 6.07) is 12.5. The third kappa shape index (κ3) is 1.74.